The molecule has 3 amide bonds. The van der Waals surface area contributed by atoms with Crippen LogP contribution in [-0.4, -0.2) is 39.7 Å². The van der Waals surface area contributed by atoms with Gasteiger partial charge in [-0.05, 0) is 45.2 Å². The van der Waals surface area contributed by atoms with Gasteiger partial charge in [0, 0.05) is 23.7 Å². The molecule has 182 valence electrons. The highest BCUT2D eigenvalue weighted by molar-refractivity contribution is 5.97. The summed E-state index contributed by atoms with van der Waals surface area (Å²) in [5.41, 5.74) is 2.32. The van der Waals surface area contributed by atoms with E-state index in [-0.39, 0.29) is 29.4 Å². The number of nitrogens with zero attached hydrogens (tertiary/aromatic N) is 3. The molecule has 0 saturated heterocycles. The van der Waals surface area contributed by atoms with Crippen LogP contribution in [0.4, 0.5) is 16.3 Å². The lowest BCUT2D eigenvalue weighted by Crippen LogP contribution is -2.41. The maximum Gasteiger partial charge on any atom is 0.322 e. The molecule has 0 saturated carbocycles. The SMILES string of the molecule is CCCCN(CC(=O)Nc1cc(C(C)(C)C)nn1C(C)(C)C)C(=O)Nc1ccccc1CC. The molecule has 7 nitrogen and oxygen atoms in total. The van der Waals surface area contributed by atoms with Crippen LogP contribution >= 0.6 is 0 Å². The van der Waals surface area contributed by atoms with Crippen molar-refractivity contribution < 1.29 is 9.59 Å². The first kappa shape index (κ1) is 26.4. The normalized spacial score (nSPS) is 11.9. The number of carbonyl (C=O) groups excluding carboxylic acids is 2. The van der Waals surface area contributed by atoms with Crippen LogP contribution in [0, 0.1) is 0 Å². The second kappa shape index (κ2) is 10.9. The maximum atomic E-state index is 13.1. The Kier molecular flexibility index (Phi) is 8.69. The molecule has 2 aromatic rings. The van der Waals surface area contributed by atoms with E-state index in [0.717, 1.165) is 36.2 Å². The van der Waals surface area contributed by atoms with Gasteiger partial charge in [-0.2, -0.15) is 5.10 Å². The van der Waals surface area contributed by atoms with Gasteiger partial charge in [0.2, 0.25) is 5.91 Å². The minimum absolute atomic E-state index is 0.0275. The second-order valence-corrected chi connectivity index (χ2v) is 10.5. The predicted molar refractivity (Wildman–Crippen MR) is 136 cm³/mol. The second-order valence-electron chi connectivity index (χ2n) is 10.5. The fraction of sp³-hybridized carbons (Fsp3) is 0.577. The number of rotatable bonds is 8. The zero-order valence-corrected chi connectivity index (χ0v) is 21.6. The first-order valence-electron chi connectivity index (χ1n) is 11.9. The van der Waals surface area contributed by atoms with Crippen molar-refractivity contribution in [3.8, 4) is 0 Å². The standard InChI is InChI=1S/C26H41N5O2/c1-9-11-16-30(24(33)27-20-15-13-12-14-19(20)10-2)18-23(32)28-22-17-21(25(3,4)5)29-31(22)26(6,7)8/h12-15,17H,9-11,16,18H2,1-8H3,(H,27,33)(H,28,32). The molecule has 0 aliphatic heterocycles. The van der Waals surface area contributed by atoms with E-state index in [1.807, 2.05) is 55.8 Å². The Morgan fingerprint density at radius 1 is 1.03 bits per heavy atom. The lowest BCUT2D eigenvalue weighted by Gasteiger charge is -2.25. The largest absolute Gasteiger partial charge is 0.322 e. The van der Waals surface area contributed by atoms with Gasteiger partial charge >= 0.3 is 6.03 Å². The van der Waals surface area contributed by atoms with Crippen molar-refractivity contribution >= 4 is 23.4 Å². The number of hydrogen-bond acceptors (Lipinski definition) is 3. The fourth-order valence-electron chi connectivity index (χ4n) is 3.45. The first-order chi connectivity index (χ1) is 15.4. The van der Waals surface area contributed by atoms with Crippen molar-refractivity contribution in [2.24, 2.45) is 0 Å². The summed E-state index contributed by atoms with van der Waals surface area (Å²) in [5, 5.41) is 10.7. The molecule has 1 heterocycles. The molecule has 1 aromatic carbocycles. The summed E-state index contributed by atoms with van der Waals surface area (Å²) >= 11 is 0. The quantitative estimate of drug-likeness (QED) is 0.530. The van der Waals surface area contributed by atoms with Crippen LogP contribution in [0.1, 0.15) is 79.5 Å². The van der Waals surface area contributed by atoms with Gasteiger partial charge in [0.15, 0.2) is 0 Å². The predicted octanol–water partition coefficient (Wildman–Crippen LogP) is 5.77. The number of anilines is 2. The summed E-state index contributed by atoms with van der Waals surface area (Å²) < 4.78 is 1.85. The van der Waals surface area contributed by atoms with E-state index in [1.165, 1.54) is 0 Å². The molecule has 0 atom stereocenters. The van der Waals surface area contributed by atoms with Crippen molar-refractivity contribution in [1.29, 1.82) is 0 Å². The van der Waals surface area contributed by atoms with Gasteiger partial charge in [-0.15, -0.1) is 0 Å². The van der Waals surface area contributed by atoms with Crippen LogP contribution in [0.5, 0.6) is 0 Å². The van der Waals surface area contributed by atoms with Gasteiger partial charge in [-0.3, -0.25) is 4.79 Å². The number of hydrogen-bond donors (Lipinski definition) is 2. The zero-order chi connectivity index (χ0) is 24.8. The lowest BCUT2D eigenvalue weighted by molar-refractivity contribution is -0.116. The summed E-state index contributed by atoms with van der Waals surface area (Å²) in [6.45, 7) is 17.0. The molecule has 0 aliphatic rings. The van der Waals surface area contributed by atoms with E-state index in [0.29, 0.717) is 12.4 Å². The summed E-state index contributed by atoms with van der Waals surface area (Å²) in [6.07, 6.45) is 2.58. The molecule has 0 bridgehead atoms. The Morgan fingerprint density at radius 2 is 1.70 bits per heavy atom. The molecule has 1 aromatic heterocycles. The molecule has 0 spiro atoms. The zero-order valence-electron chi connectivity index (χ0n) is 21.6. The van der Waals surface area contributed by atoms with Gasteiger partial charge in [0.05, 0.1) is 11.2 Å². The van der Waals surface area contributed by atoms with Crippen LogP contribution in [0.25, 0.3) is 0 Å². The highest BCUT2D eigenvalue weighted by Crippen LogP contribution is 2.28. The van der Waals surface area contributed by atoms with Gasteiger partial charge in [0.25, 0.3) is 0 Å². The van der Waals surface area contributed by atoms with E-state index in [2.05, 4.69) is 45.3 Å². The number of aryl methyl sites for hydroxylation is 1. The minimum Gasteiger partial charge on any atom is -0.315 e. The van der Waals surface area contributed by atoms with Crippen molar-refractivity contribution in [3.63, 3.8) is 0 Å². The third-order valence-electron chi connectivity index (χ3n) is 5.42. The average Bonchev–Trinajstić information content (AvgIpc) is 3.16. The Hall–Kier alpha value is -2.83. The van der Waals surface area contributed by atoms with Crippen LogP contribution in [-0.2, 0) is 22.2 Å². The number of benzene rings is 1. The van der Waals surface area contributed by atoms with Crippen molar-refractivity contribution in [2.75, 3.05) is 23.7 Å². The van der Waals surface area contributed by atoms with Gasteiger partial charge in [0.1, 0.15) is 12.4 Å². The van der Waals surface area contributed by atoms with E-state index in [9.17, 15) is 9.59 Å². The maximum absolute atomic E-state index is 13.1. The number of aromatic nitrogens is 2. The van der Waals surface area contributed by atoms with Crippen molar-refractivity contribution in [3.05, 3.63) is 41.6 Å². The molecule has 0 radical (unpaired) electrons. The smallest absolute Gasteiger partial charge is 0.315 e. The van der Waals surface area contributed by atoms with E-state index >= 15 is 0 Å². The minimum atomic E-state index is -0.296. The summed E-state index contributed by atoms with van der Waals surface area (Å²) in [4.78, 5) is 27.7. The van der Waals surface area contributed by atoms with Crippen LogP contribution < -0.4 is 10.6 Å². The van der Waals surface area contributed by atoms with E-state index in [4.69, 9.17) is 5.10 Å². The molecular weight excluding hydrogens is 414 g/mol. The molecule has 7 heteroatoms. The van der Waals surface area contributed by atoms with Crippen LogP contribution in [0.2, 0.25) is 0 Å². The van der Waals surface area contributed by atoms with E-state index < -0.39 is 0 Å². The van der Waals surface area contributed by atoms with Gasteiger partial charge < -0.3 is 15.5 Å². The average molecular weight is 456 g/mol. The number of unbranched alkanes of at least 4 members (excludes halogenated alkanes) is 1. The molecule has 0 unspecified atom stereocenters. The number of carbonyl (C=O) groups is 2. The molecular formula is C26H41N5O2. The highest BCUT2D eigenvalue weighted by Gasteiger charge is 2.26. The molecule has 0 aliphatic carbocycles. The molecule has 2 rings (SSSR count). The molecule has 0 fully saturated rings. The Balaban J connectivity index is 2.20. The van der Waals surface area contributed by atoms with E-state index in [1.54, 1.807) is 4.90 Å². The summed E-state index contributed by atoms with van der Waals surface area (Å²) in [5.74, 6) is 0.403. The molecule has 33 heavy (non-hydrogen) atoms. The number of amides is 3. The van der Waals surface area contributed by atoms with Crippen LogP contribution in [0.15, 0.2) is 30.3 Å². The fourth-order valence-corrected chi connectivity index (χ4v) is 3.45. The Bertz CT molecular complexity index is 950. The van der Waals surface area contributed by atoms with Crippen molar-refractivity contribution in [2.45, 2.75) is 85.6 Å². The van der Waals surface area contributed by atoms with Gasteiger partial charge in [-0.1, -0.05) is 59.2 Å². The summed E-state index contributed by atoms with van der Waals surface area (Å²) in [6, 6.07) is 9.42. The molecule has 2 N–H and O–H groups in total. The highest BCUT2D eigenvalue weighted by atomic mass is 16.2. The van der Waals surface area contributed by atoms with Crippen LogP contribution in [0.3, 0.4) is 0 Å². The monoisotopic (exact) mass is 455 g/mol. The lowest BCUT2D eigenvalue weighted by atomic mass is 9.92. The Morgan fingerprint density at radius 3 is 2.27 bits per heavy atom. The van der Waals surface area contributed by atoms with Crippen molar-refractivity contribution in [1.82, 2.24) is 14.7 Å². The topological polar surface area (TPSA) is 79.3 Å². The number of urea groups is 1. The first-order valence-corrected chi connectivity index (χ1v) is 11.9. The third kappa shape index (κ3) is 7.34. The van der Waals surface area contributed by atoms with Gasteiger partial charge in [-0.25, -0.2) is 9.48 Å². The summed E-state index contributed by atoms with van der Waals surface area (Å²) in [7, 11) is 0. The Labute approximate surface area is 198 Å². The number of para-hydroxylation sites is 1. The third-order valence-corrected chi connectivity index (χ3v) is 5.42. The number of nitrogens with one attached hydrogen (secondary N) is 2.